The van der Waals surface area contributed by atoms with E-state index in [9.17, 15) is 14.7 Å². The SMILES string of the molecule is Cc1cc(Br)cc2c1N(C(C)C(C)O)C(=O)C2=O. The number of amides is 1. The Morgan fingerprint density at radius 1 is 1.28 bits per heavy atom. The summed E-state index contributed by atoms with van der Waals surface area (Å²) in [6, 6.07) is 3.08. The van der Waals surface area contributed by atoms with Gasteiger partial charge < -0.3 is 5.11 Å². The Labute approximate surface area is 114 Å². The lowest BCUT2D eigenvalue weighted by Crippen LogP contribution is -2.43. The Morgan fingerprint density at radius 3 is 2.44 bits per heavy atom. The Hall–Kier alpha value is -1.20. The van der Waals surface area contributed by atoms with Gasteiger partial charge in [-0.1, -0.05) is 15.9 Å². The maximum absolute atomic E-state index is 12.0. The fourth-order valence-electron chi connectivity index (χ4n) is 2.16. The van der Waals surface area contributed by atoms with E-state index in [0.717, 1.165) is 10.0 Å². The van der Waals surface area contributed by atoms with Crippen molar-refractivity contribution in [2.75, 3.05) is 4.90 Å². The summed E-state index contributed by atoms with van der Waals surface area (Å²) in [7, 11) is 0. The van der Waals surface area contributed by atoms with Crippen LogP contribution in [-0.4, -0.2) is 28.9 Å². The first kappa shape index (κ1) is 13.2. The second-order valence-corrected chi connectivity index (χ2v) is 5.52. The molecule has 4 nitrogen and oxygen atoms in total. The molecule has 1 N–H and O–H groups in total. The van der Waals surface area contributed by atoms with Crippen LogP contribution >= 0.6 is 15.9 Å². The molecule has 1 aromatic carbocycles. The number of aliphatic hydroxyl groups is 1. The van der Waals surface area contributed by atoms with Gasteiger partial charge in [0.1, 0.15) is 0 Å². The van der Waals surface area contributed by atoms with Crippen LogP contribution in [0.1, 0.15) is 29.8 Å². The normalized spacial score (nSPS) is 17.9. The minimum Gasteiger partial charge on any atom is -0.391 e. The van der Waals surface area contributed by atoms with Gasteiger partial charge in [0.25, 0.3) is 11.7 Å². The fourth-order valence-corrected chi connectivity index (χ4v) is 2.73. The van der Waals surface area contributed by atoms with Crippen LogP contribution in [-0.2, 0) is 4.79 Å². The molecule has 96 valence electrons. The highest BCUT2D eigenvalue weighted by molar-refractivity contribution is 9.10. The third-order valence-electron chi connectivity index (χ3n) is 3.27. The van der Waals surface area contributed by atoms with E-state index in [1.165, 1.54) is 4.90 Å². The van der Waals surface area contributed by atoms with Gasteiger partial charge in [-0.25, -0.2) is 0 Å². The van der Waals surface area contributed by atoms with Crippen LogP contribution < -0.4 is 4.90 Å². The van der Waals surface area contributed by atoms with Gasteiger partial charge in [-0.3, -0.25) is 14.5 Å². The van der Waals surface area contributed by atoms with Gasteiger partial charge >= 0.3 is 0 Å². The maximum atomic E-state index is 12.0. The Bertz CT molecular complexity index is 539. The number of Topliss-reactive ketones (excluding diaryl/α,β-unsaturated/α-hetero) is 1. The van der Waals surface area contributed by atoms with Crippen molar-refractivity contribution < 1.29 is 14.7 Å². The van der Waals surface area contributed by atoms with Crippen LogP contribution in [0, 0.1) is 6.92 Å². The van der Waals surface area contributed by atoms with Crippen LogP contribution in [0.2, 0.25) is 0 Å². The van der Waals surface area contributed by atoms with Gasteiger partial charge in [0.15, 0.2) is 0 Å². The number of carbonyl (C=O) groups excluding carboxylic acids is 2. The molecule has 5 heteroatoms. The summed E-state index contributed by atoms with van der Waals surface area (Å²) in [5, 5.41) is 9.64. The number of aliphatic hydroxyl groups excluding tert-OH is 1. The highest BCUT2D eigenvalue weighted by Crippen LogP contribution is 2.36. The molecule has 0 radical (unpaired) electrons. The average molecular weight is 312 g/mol. The summed E-state index contributed by atoms with van der Waals surface area (Å²) >= 11 is 3.32. The second-order valence-electron chi connectivity index (χ2n) is 4.60. The summed E-state index contributed by atoms with van der Waals surface area (Å²) in [5.41, 5.74) is 1.85. The van der Waals surface area contributed by atoms with E-state index in [1.54, 1.807) is 19.9 Å². The predicted molar refractivity (Wildman–Crippen MR) is 71.8 cm³/mol. The van der Waals surface area contributed by atoms with Gasteiger partial charge in [-0.2, -0.15) is 0 Å². The molecule has 1 aliphatic heterocycles. The Kier molecular flexibility index (Phi) is 3.29. The number of anilines is 1. The molecule has 2 unspecified atom stereocenters. The minimum absolute atomic E-state index is 0.402. The van der Waals surface area contributed by atoms with Crippen LogP contribution in [0.3, 0.4) is 0 Å². The Morgan fingerprint density at radius 2 is 1.89 bits per heavy atom. The minimum atomic E-state index is -0.698. The van der Waals surface area contributed by atoms with Crippen molar-refractivity contribution >= 4 is 33.3 Å². The smallest absolute Gasteiger partial charge is 0.299 e. The molecule has 0 aromatic heterocycles. The number of aryl methyl sites for hydroxylation is 1. The molecule has 1 aromatic rings. The molecule has 0 spiro atoms. The molecular formula is C13H14BrNO3. The molecule has 0 saturated carbocycles. The van der Waals surface area contributed by atoms with Crippen LogP contribution in [0.5, 0.6) is 0 Å². The molecular weight excluding hydrogens is 298 g/mol. The average Bonchev–Trinajstić information content (AvgIpc) is 2.52. The first-order valence-electron chi connectivity index (χ1n) is 5.70. The zero-order valence-electron chi connectivity index (χ0n) is 10.4. The van der Waals surface area contributed by atoms with Gasteiger partial charge in [0, 0.05) is 4.47 Å². The quantitative estimate of drug-likeness (QED) is 0.851. The summed E-state index contributed by atoms with van der Waals surface area (Å²) < 4.78 is 0.770. The lowest BCUT2D eigenvalue weighted by Gasteiger charge is -2.27. The molecule has 1 amide bonds. The summed E-state index contributed by atoms with van der Waals surface area (Å²) in [6.07, 6.45) is -0.698. The molecule has 0 saturated heterocycles. The third-order valence-corrected chi connectivity index (χ3v) is 3.73. The van der Waals surface area contributed by atoms with E-state index in [1.807, 2.05) is 13.0 Å². The monoisotopic (exact) mass is 311 g/mol. The first-order chi connectivity index (χ1) is 8.34. The van der Waals surface area contributed by atoms with Crippen molar-refractivity contribution in [1.82, 2.24) is 0 Å². The number of halogens is 1. The number of nitrogens with zero attached hydrogens (tertiary/aromatic N) is 1. The lowest BCUT2D eigenvalue weighted by atomic mass is 10.1. The molecule has 0 fully saturated rings. The van der Waals surface area contributed by atoms with Gasteiger partial charge in [0.2, 0.25) is 0 Å². The van der Waals surface area contributed by atoms with Crippen LogP contribution in [0.25, 0.3) is 0 Å². The van der Waals surface area contributed by atoms with Crippen molar-refractivity contribution in [3.8, 4) is 0 Å². The molecule has 1 aliphatic rings. The standard InChI is InChI=1S/C13H14BrNO3/c1-6-4-9(14)5-10-11(6)15(7(2)8(3)16)13(18)12(10)17/h4-5,7-8,16H,1-3H3. The summed E-state index contributed by atoms with van der Waals surface area (Å²) in [4.78, 5) is 25.4. The number of hydrogen-bond acceptors (Lipinski definition) is 3. The predicted octanol–water partition coefficient (Wildman–Crippen LogP) is 2.06. The van der Waals surface area contributed by atoms with E-state index < -0.39 is 23.8 Å². The van der Waals surface area contributed by atoms with E-state index in [4.69, 9.17) is 0 Å². The maximum Gasteiger partial charge on any atom is 0.299 e. The topological polar surface area (TPSA) is 57.6 Å². The molecule has 0 aliphatic carbocycles. The number of carbonyl (C=O) groups is 2. The summed E-state index contributed by atoms with van der Waals surface area (Å²) in [6.45, 7) is 5.18. The van der Waals surface area contributed by atoms with Gasteiger partial charge in [-0.15, -0.1) is 0 Å². The van der Waals surface area contributed by atoms with E-state index in [-0.39, 0.29) is 0 Å². The van der Waals surface area contributed by atoms with E-state index >= 15 is 0 Å². The zero-order valence-corrected chi connectivity index (χ0v) is 12.0. The van der Waals surface area contributed by atoms with E-state index in [0.29, 0.717) is 11.3 Å². The van der Waals surface area contributed by atoms with Crippen molar-refractivity contribution in [3.05, 3.63) is 27.7 Å². The number of hydrogen-bond donors (Lipinski definition) is 1. The number of benzene rings is 1. The van der Waals surface area contributed by atoms with Crippen molar-refractivity contribution in [1.29, 1.82) is 0 Å². The first-order valence-corrected chi connectivity index (χ1v) is 6.50. The van der Waals surface area contributed by atoms with E-state index in [2.05, 4.69) is 15.9 Å². The van der Waals surface area contributed by atoms with Gasteiger partial charge in [0.05, 0.1) is 23.4 Å². The van der Waals surface area contributed by atoms with Crippen LogP contribution in [0.4, 0.5) is 5.69 Å². The number of ketones is 1. The fraction of sp³-hybridized carbons (Fsp3) is 0.385. The van der Waals surface area contributed by atoms with Crippen molar-refractivity contribution in [3.63, 3.8) is 0 Å². The second kappa shape index (κ2) is 4.48. The van der Waals surface area contributed by atoms with Gasteiger partial charge in [-0.05, 0) is 38.5 Å². The largest absolute Gasteiger partial charge is 0.391 e. The van der Waals surface area contributed by atoms with Crippen LogP contribution in [0.15, 0.2) is 16.6 Å². The highest BCUT2D eigenvalue weighted by Gasteiger charge is 2.40. The third kappa shape index (κ3) is 1.87. The molecule has 2 rings (SSSR count). The number of fused-ring (bicyclic) bond motifs is 1. The van der Waals surface area contributed by atoms with Crippen molar-refractivity contribution in [2.45, 2.75) is 32.9 Å². The molecule has 0 bridgehead atoms. The molecule has 2 atom stereocenters. The lowest BCUT2D eigenvalue weighted by molar-refractivity contribution is -0.115. The zero-order chi connectivity index (χ0) is 13.6. The number of rotatable bonds is 2. The highest BCUT2D eigenvalue weighted by atomic mass is 79.9. The Balaban J connectivity index is 2.62. The molecule has 1 heterocycles. The summed E-state index contributed by atoms with van der Waals surface area (Å²) in [5.74, 6) is -1.08. The van der Waals surface area contributed by atoms with Crippen molar-refractivity contribution in [2.24, 2.45) is 0 Å². The molecule has 18 heavy (non-hydrogen) atoms.